The second-order valence-corrected chi connectivity index (χ2v) is 4.00. The summed E-state index contributed by atoms with van der Waals surface area (Å²) in [6.45, 7) is 1.08. The van der Waals surface area contributed by atoms with E-state index in [0.717, 1.165) is 10.2 Å². The smallest absolute Gasteiger partial charge is 0.0606 e. The van der Waals surface area contributed by atoms with E-state index in [1.807, 2.05) is 11.0 Å². The molecule has 0 aliphatic rings. The van der Waals surface area contributed by atoms with Crippen LogP contribution >= 0.6 is 15.9 Å². The molecule has 1 aromatic rings. The summed E-state index contributed by atoms with van der Waals surface area (Å²) >= 11 is 3.40. The molecular formula is C10H15BrN2O2. The first-order valence-electron chi connectivity index (χ1n) is 4.70. The van der Waals surface area contributed by atoms with Crippen LogP contribution in [0.3, 0.4) is 0 Å². The van der Waals surface area contributed by atoms with Crippen molar-refractivity contribution in [1.82, 2.24) is 0 Å². The topological polar surface area (TPSA) is 69.7 Å². The van der Waals surface area contributed by atoms with Crippen molar-refractivity contribution in [2.45, 2.75) is 0 Å². The van der Waals surface area contributed by atoms with Gasteiger partial charge in [0.05, 0.1) is 18.9 Å². The minimum absolute atomic E-state index is 0.0524. The number of hydrogen-bond acceptors (Lipinski definition) is 4. The van der Waals surface area contributed by atoms with Crippen molar-refractivity contribution in [3.05, 3.63) is 22.7 Å². The molecule has 15 heavy (non-hydrogen) atoms. The molecule has 0 amide bonds. The Kier molecular flexibility index (Phi) is 4.87. The van der Waals surface area contributed by atoms with Crippen LogP contribution in [0.15, 0.2) is 22.7 Å². The van der Waals surface area contributed by atoms with Gasteiger partial charge in [0.25, 0.3) is 0 Å². The maximum Gasteiger partial charge on any atom is 0.0606 e. The van der Waals surface area contributed by atoms with Crippen molar-refractivity contribution >= 4 is 27.3 Å². The summed E-state index contributed by atoms with van der Waals surface area (Å²) in [6, 6.07) is 5.46. The van der Waals surface area contributed by atoms with E-state index in [9.17, 15) is 0 Å². The molecule has 0 spiro atoms. The van der Waals surface area contributed by atoms with E-state index in [2.05, 4.69) is 15.9 Å². The highest BCUT2D eigenvalue weighted by atomic mass is 79.9. The second-order valence-electron chi connectivity index (χ2n) is 3.15. The first-order valence-corrected chi connectivity index (χ1v) is 5.50. The van der Waals surface area contributed by atoms with Gasteiger partial charge in [-0.25, -0.2) is 0 Å². The fourth-order valence-corrected chi connectivity index (χ4v) is 2.02. The van der Waals surface area contributed by atoms with Crippen LogP contribution in [0.5, 0.6) is 0 Å². The average Bonchev–Trinajstić information content (AvgIpc) is 2.17. The van der Waals surface area contributed by atoms with Crippen molar-refractivity contribution in [3.63, 3.8) is 0 Å². The first-order chi connectivity index (χ1) is 7.19. The zero-order valence-corrected chi connectivity index (χ0v) is 9.94. The highest BCUT2D eigenvalue weighted by molar-refractivity contribution is 9.10. The zero-order chi connectivity index (χ0) is 11.3. The Morgan fingerprint density at radius 3 is 2.27 bits per heavy atom. The van der Waals surface area contributed by atoms with Gasteiger partial charge in [-0.05, 0) is 34.1 Å². The van der Waals surface area contributed by atoms with Gasteiger partial charge in [-0.3, -0.25) is 0 Å². The lowest BCUT2D eigenvalue weighted by atomic mass is 10.2. The molecule has 0 unspecified atom stereocenters. The molecule has 84 valence electrons. The lowest BCUT2D eigenvalue weighted by Crippen LogP contribution is -2.29. The molecule has 0 radical (unpaired) electrons. The summed E-state index contributed by atoms with van der Waals surface area (Å²) in [7, 11) is 0. The molecule has 0 atom stereocenters. The highest BCUT2D eigenvalue weighted by Gasteiger charge is 2.08. The monoisotopic (exact) mass is 274 g/mol. The van der Waals surface area contributed by atoms with Crippen LogP contribution in [-0.4, -0.2) is 36.5 Å². The molecule has 0 saturated carbocycles. The van der Waals surface area contributed by atoms with Gasteiger partial charge in [0.2, 0.25) is 0 Å². The molecule has 5 heteroatoms. The van der Waals surface area contributed by atoms with Crippen LogP contribution in [-0.2, 0) is 0 Å². The van der Waals surface area contributed by atoms with Gasteiger partial charge >= 0.3 is 0 Å². The number of benzene rings is 1. The normalized spacial score (nSPS) is 10.3. The Balaban J connectivity index is 2.89. The molecular weight excluding hydrogens is 260 g/mol. The van der Waals surface area contributed by atoms with E-state index >= 15 is 0 Å². The van der Waals surface area contributed by atoms with Crippen molar-refractivity contribution in [1.29, 1.82) is 0 Å². The average molecular weight is 275 g/mol. The fourth-order valence-electron chi connectivity index (χ4n) is 1.37. The predicted octanol–water partition coefficient (Wildman–Crippen LogP) is 0.822. The number of nitrogen functional groups attached to an aromatic ring is 1. The SMILES string of the molecule is Nc1ccc(N(CCO)CCO)c(Br)c1. The molecule has 4 N–H and O–H groups in total. The number of nitrogens with two attached hydrogens (primary N) is 1. The van der Waals surface area contributed by atoms with Crippen LogP contribution in [0.1, 0.15) is 0 Å². The van der Waals surface area contributed by atoms with Crippen molar-refractivity contribution in [3.8, 4) is 0 Å². The van der Waals surface area contributed by atoms with E-state index in [0.29, 0.717) is 18.8 Å². The van der Waals surface area contributed by atoms with Gasteiger partial charge < -0.3 is 20.8 Å². The minimum Gasteiger partial charge on any atom is -0.399 e. The maximum absolute atomic E-state index is 8.91. The Morgan fingerprint density at radius 2 is 1.80 bits per heavy atom. The molecule has 1 aromatic carbocycles. The third-order valence-electron chi connectivity index (χ3n) is 2.05. The van der Waals surface area contributed by atoms with Gasteiger partial charge in [-0.1, -0.05) is 0 Å². The molecule has 1 rings (SSSR count). The minimum atomic E-state index is 0.0524. The molecule has 0 aliphatic carbocycles. The van der Waals surface area contributed by atoms with E-state index < -0.39 is 0 Å². The maximum atomic E-state index is 8.91. The number of aliphatic hydroxyl groups is 2. The van der Waals surface area contributed by atoms with Gasteiger partial charge in [0, 0.05) is 23.2 Å². The van der Waals surface area contributed by atoms with Crippen LogP contribution in [0.4, 0.5) is 11.4 Å². The lowest BCUT2D eigenvalue weighted by Gasteiger charge is -2.24. The zero-order valence-electron chi connectivity index (χ0n) is 8.36. The van der Waals surface area contributed by atoms with Gasteiger partial charge in [0.1, 0.15) is 0 Å². The number of halogens is 1. The van der Waals surface area contributed by atoms with E-state index in [4.69, 9.17) is 15.9 Å². The number of nitrogens with zero attached hydrogens (tertiary/aromatic N) is 1. The highest BCUT2D eigenvalue weighted by Crippen LogP contribution is 2.27. The van der Waals surface area contributed by atoms with Crippen molar-refractivity contribution < 1.29 is 10.2 Å². The van der Waals surface area contributed by atoms with Crippen LogP contribution in [0.25, 0.3) is 0 Å². The summed E-state index contributed by atoms with van der Waals surface area (Å²) in [6.07, 6.45) is 0. The second kappa shape index (κ2) is 5.95. The fraction of sp³-hybridized carbons (Fsp3) is 0.400. The summed E-state index contributed by atoms with van der Waals surface area (Å²) in [5.41, 5.74) is 7.23. The molecule has 0 fully saturated rings. The Labute approximate surface area is 97.4 Å². The molecule has 0 aromatic heterocycles. The molecule has 0 bridgehead atoms. The number of anilines is 2. The van der Waals surface area contributed by atoms with Gasteiger partial charge in [0.15, 0.2) is 0 Å². The Bertz CT molecular complexity index is 314. The van der Waals surface area contributed by atoms with Crippen LogP contribution in [0.2, 0.25) is 0 Å². The summed E-state index contributed by atoms with van der Waals surface area (Å²) in [4.78, 5) is 1.89. The molecule has 0 heterocycles. The summed E-state index contributed by atoms with van der Waals surface area (Å²) in [5, 5.41) is 17.8. The summed E-state index contributed by atoms with van der Waals surface area (Å²) < 4.78 is 0.865. The van der Waals surface area contributed by atoms with E-state index in [-0.39, 0.29) is 13.2 Å². The Hall–Kier alpha value is -0.780. The number of aliphatic hydroxyl groups excluding tert-OH is 2. The quantitative estimate of drug-likeness (QED) is 0.696. The van der Waals surface area contributed by atoms with Crippen LogP contribution < -0.4 is 10.6 Å². The van der Waals surface area contributed by atoms with E-state index in [1.165, 1.54) is 0 Å². The first kappa shape index (κ1) is 12.3. The number of hydrogen-bond donors (Lipinski definition) is 3. The van der Waals surface area contributed by atoms with Crippen LogP contribution in [0, 0.1) is 0 Å². The Morgan fingerprint density at radius 1 is 1.20 bits per heavy atom. The van der Waals surface area contributed by atoms with Crippen molar-refractivity contribution in [2.75, 3.05) is 36.9 Å². The lowest BCUT2D eigenvalue weighted by molar-refractivity contribution is 0.281. The predicted molar refractivity (Wildman–Crippen MR) is 64.9 cm³/mol. The summed E-state index contributed by atoms with van der Waals surface area (Å²) in [5.74, 6) is 0. The third kappa shape index (κ3) is 3.37. The molecule has 4 nitrogen and oxygen atoms in total. The standard InChI is InChI=1S/C10H15BrN2O2/c11-9-7-8(12)1-2-10(9)13(3-5-14)4-6-15/h1-2,7,14-15H,3-6,12H2. The molecule has 0 aliphatic heterocycles. The third-order valence-corrected chi connectivity index (χ3v) is 2.69. The largest absolute Gasteiger partial charge is 0.399 e. The van der Waals surface area contributed by atoms with Gasteiger partial charge in [-0.2, -0.15) is 0 Å². The molecule has 0 saturated heterocycles. The van der Waals surface area contributed by atoms with E-state index in [1.54, 1.807) is 12.1 Å². The number of rotatable bonds is 5. The van der Waals surface area contributed by atoms with Crippen molar-refractivity contribution in [2.24, 2.45) is 0 Å². The van der Waals surface area contributed by atoms with Gasteiger partial charge in [-0.15, -0.1) is 0 Å².